The number of halogens is 1. The van der Waals surface area contributed by atoms with Gasteiger partial charge >= 0.3 is 0 Å². The number of H-pyrrole nitrogens is 2. The van der Waals surface area contributed by atoms with E-state index in [9.17, 15) is 0 Å². The van der Waals surface area contributed by atoms with Gasteiger partial charge in [0, 0.05) is 12.6 Å². The molecule has 22 heavy (non-hydrogen) atoms. The molecule has 112 valence electrons. The summed E-state index contributed by atoms with van der Waals surface area (Å²) in [6, 6.07) is 5.65. The number of nitrogens with zero attached hydrogens (tertiary/aromatic N) is 4. The highest BCUT2D eigenvalue weighted by molar-refractivity contribution is 6.29. The third-order valence-corrected chi connectivity index (χ3v) is 3.40. The Morgan fingerprint density at radius 1 is 1.18 bits per heavy atom. The van der Waals surface area contributed by atoms with Gasteiger partial charge in [-0.15, -0.1) is 0 Å². The van der Waals surface area contributed by atoms with Crippen LogP contribution < -0.4 is 0 Å². The van der Waals surface area contributed by atoms with Crippen LogP contribution in [0.2, 0.25) is 5.15 Å². The Bertz CT molecular complexity index is 881. The smallest absolute Gasteiger partial charge is 0.179 e. The van der Waals surface area contributed by atoms with Crippen LogP contribution in [0.3, 0.4) is 0 Å². The second-order valence-electron chi connectivity index (χ2n) is 4.77. The van der Waals surface area contributed by atoms with Crippen LogP contribution in [-0.4, -0.2) is 29.9 Å². The third-order valence-electron chi connectivity index (χ3n) is 3.20. The first-order valence-corrected chi connectivity index (χ1v) is 7.31. The molecule has 6 nitrogen and oxygen atoms in total. The Morgan fingerprint density at radius 2 is 2.05 bits per heavy atom. The molecule has 0 aliphatic rings. The van der Waals surface area contributed by atoms with Crippen molar-refractivity contribution >= 4 is 33.9 Å². The van der Waals surface area contributed by atoms with Crippen LogP contribution in [-0.2, 0) is 6.42 Å². The van der Waals surface area contributed by atoms with Crippen molar-refractivity contribution in [3.05, 3.63) is 47.3 Å². The molecule has 4 heterocycles. The Kier molecular flexibility index (Phi) is 4.02. The van der Waals surface area contributed by atoms with E-state index in [1.807, 2.05) is 25.1 Å². The average molecular weight is 315 g/mol. The number of imidazole rings is 2. The van der Waals surface area contributed by atoms with Gasteiger partial charge in [0.1, 0.15) is 11.0 Å². The zero-order valence-corrected chi connectivity index (χ0v) is 13.0. The summed E-state index contributed by atoms with van der Waals surface area (Å²) in [6.45, 7) is 4.04. The molecule has 0 aliphatic heterocycles. The van der Waals surface area contributed by atoms with Crippen LogP contribution in [0.5, 0.6) is 0 Å². The summed E-state index contributed by atoms with van der Waals surface area (Å²) in [6.07, 6.45) is 4.24. The molecule has 0 fully saturated rings. The fraction of sp³-hybridized carbons (Fsp3) is 0.200. The van der Waals surface area contributed by atoms with Crippen molar-refractivity contribution in [1.29, 1.82) is 0 Å². The summed E-state index contributed by atoms with van der Waals surface area (Å²) >= 11 is 5.81. The molecule has 0 unspecified atom stereocenters. The molecule has 4 rings (SSSR count). The van der Waals surface area contributed by atoms with Crippen molar-refractivity contribution in [2.45, 2.75) is 20.3 Å². The maximum absolute atomic E-state index is 5.81. The molecule has 4 aromatic rings. The van der Waals surface area contributed by atoms with Crippen molar-refractivity contribution in [2.75, 3.05) is 0 Å². The minimum absolute atomic E-state index is 0.499. The molecule has 0 aromatic carbocycles. The number of hydrogen-bond donors (Lipinski definition) is 2. The zero-order chi connectivity index (χ0) is 15.5. The highest BCUT2D eigenvalue weighted by Crippen LogP contribution is 2.18. The van der Waals surface area contributed by atoms with Crippen molar-refractivity contribution in [1.82, 2.24) is 29.9 Å². The van der Waals surface area contributed by atoms with E-state index in [1.54, 1.807) is 12.5 Å². The second kappa shape index (κ2) is 6.11. The van der Waals surface area contributed by atoms with Gasteiger partial charge in [-0.25, -0.2) is 19.9 Å². The maximum Gasteiger partial charge on any atom is 0.179 e. The van der Waals surface area contributed by atoms with E-state index in [2.05, 4.69) is 36.8 Å². The Balaban J connectivity index is 0.000000139. The molecule has 0 spiro atoms. The second-order valence-corrected chi connectivity index (χ2v) is 5.16. The van der Waals surface area contributed by atoms with Gasteiger partial charge in [-0.3, -0.25) is 0 Å². The predicted molar refractivity (Wildman–Crippen MR) is 86.9 cm³/mol. The molecular formula is C15H15ClN6. The topological polar surface area (TPSA) is 83.1 Å². The van der Waals surface area contributed by atoms with Crippen molar-refractivity contribution in [2.24, 2.45) is 0 Å². The van der Waals surface area contributed by atoms with Gasteiger partial charge in [-0.05, 0) is 30.7 Å². The van der Waals surface area contributed by atoms with Crippen LogP contribution in [0.4, 0.5) is 0 Å². The zero-order valence-electron chi connectivity index (χ0n) is 12.3. The first kappa shape index (κ1) is 14.5. The van der Waals surface area contributed by atoms with Gasteiger partial charge in [0.2, 0.25) is 0 Å². The highest BCUT2D eigenvalue weighted by atomic mass is 35.5. The van der Waals surface area contributed by atoms with E-state index in [0.717, 1.165) is 34.5 Å². The minimum Gasteiger partial charge on any atom is -0.343 e. The van der Waals surface area contributed by atoms with E-state index in [4.69, 9.17) is 11.6 Å². The summed E-state index contributed by atoms with van der Waals surface area (Å²) in [5.74, 6) is 0.952. The van der Waals surface area contributed by atoms with Gasteiger partial charge in [-0.2, -0.15) is 0 Å². The van der Waals surface area contributed by atoms with Crippen LogP contribution in [0.1, 0.15) is 18.3 Å². The number of hydrogen-bond acceptors (Lipinski definition) is 4. The molecule has 7 heteroatoms. The molecule has 2 N–H and O–H groups in total. The lowest BCUT2D eigenvalue weighted by molar-refractivity contribution is 0.997. The first-order chi connectivity index (χ1) is 10.7. The van der Waals surface area contributed by atoms with Gasteiger partial charge in [0.05, 0.1) is 17.4 Å². The van der Waals surface area contributed by atoms with E-state index >= 15 is 0 Å². The number of pyridine rings is 2. The van der Waals surface area contributed by atoms with Gasteiger partial charge < -0.3 is 9.97 Å². The van der Waals surface area contributed by atoms with E-state index in [-0.39, 0.29) is 0 Å². The van der Waals surface area contributed by atoms with Crippen LogP contribution >= 0.6 is 11.6 Å². The number of nitrogens with one attached hydrogen (secondary N) is 2. The monoisotopic (exact) mass is 314 g/mol. The number of fused-ring (bicyclic) bond motifs is 2. The Labute approximate surface area is 132 Å². The van der Waals surface area contributed by atoms with Gasteiger partial charge in [0.25, 0.3) is 0 Å². The quantitative estimate of drug-likeness (QED) is 0.527. The molecule has 4 aromatic heterocycles. The Morgan fingerprint density at radius 3 is 2.82 bits per heavy atom. The fourth-order valence-electron chi connectivity index (χ4n) is 2.09. The molecule has 0 amide bonds. The predicted octanol–water partition coefficient (Wildman–Crippen LogP) is 3.44. The van der Waals surface area contributed by atoms with Gasteiger partial charge in [-0.1, -0.05) is 18.5 Å². The number of aromatic amines is 2. The van der Waals surface area contributed by atoms with E-state index in [0.29, 0.717) is 10.8 Å². The Hall–Kier alpha value is -2.47. The fourth-order valence-corrected chi connectivity index (χ4v) is 2.34. The van der Waals surface area contributed by atoms with Crippen molar-refractivity contribution < 1.29 is 0 Å². The van der Waals surface area contributed by atoms with Crippen LogP contribution in [0.15, 0.2) is 30.7 Å². The van der Waals surface area contributed by atoms with Gasteiger partial charge in [0.15, 0.2) is 11.3 Å². The molecular weight excluding hydrogens is 300 g/mol. The normalized spacial score (nSPS) is 10.7. The summed E-state index contributed by atoms with van der Waals surface area (Å²) in [7, 11) is 0. The number of aromatic nitrogens is 6. The van der Waals surface area contributed by atoms with Crippen molar-refractivity contribution in [3.8, 4) is 0 Å². The minimum atomic E-state index is 0.499. The first-order valence-electron chi connectivity index (χ1n) is 6.93. The summed E-state index contributed by atoms with van der Waals surface area (Å²) in [5.41, 5.74) is 4.54. The number of aryl methyl sites for hydroxylation is 2. The molecule has 0 atom stereocenters. The lowest BCUT2D eigenvalue weighted by atomic mass is 10.3. The maximum atomic E-state index is 5.81. The molecule has 0 aliphatic carbocycles. The summed E-state index contributed by atoms with van der Waals surface area (Å²) < 4.78 is 0. The third kappa shape index (κ3) is 2.92. The number of rotatable bonds is 1. The molecule has 0 radical (unpaired) electrons. The summed E-state index contributed by atoms with van der Waals surface area (Å²) in [4.78, 5) is 22.5. The molecule has 0 bridgehead atoms. The largest absolute Gasteiger partial charge is 0.343 e. The van der Waals surface area contributed by atoms with E-state index in [1.165, 1.54) is 0 Å². The van der Waals surface area contributed by atoms with Crippen molar-refractivity contribution in [3.63, 3.8) is 0 Å². The standard InChI is InChI=1S/C9H10ClN3.C6H5N3/c1-3-7-12-8-5(2)4-6(10)11-9(8)13-7;1-2-5-6(7-3-1)9-4-8-5/h4H,3H2,1-2H3,(H,11,12,13);1-4H,(H,7,8,9). The van der Waals surface area contributed by atoms with Crippen LogP contribution in [0.25, 0.3) is 22.3 Å². The molecule has 0 saturated heterocycles. The van der Waals surface area contributed by atoms with E-state index < -0.39 is 0 Å². The summed E-state index contributed by atoms with van der Waals surface area (Å²) in [5, 5.41) is 0.499. The lowest BCUT2D eigenvalue weighted by Crippen LogP contribution is -1.81. The SMILES string of the molecule is CCc1nc2nc(Cl)cc(C)c2[nH]1.c1cnc2nc[nH]c2c1. The molecule has 0 saturated carbocycles. The highest BCUT2D eigenvalue weighted by Gasteiger charge is 2.06. The average Bonchev–Trinajstić information content (AvgIpc) is 3.13. The van der Waals surface area contributed by atoms with Crippen LogP contribution in [0, 0.1) is 6.92 Å². The lowest BCUT2D eigenvalue weighted by Gasteiger charge is -1.94.